The minimum Gasteiger partial charge on any atom is -0.325 e. The van der Waals surface area contributed by atoms with Crippen LogP contribution in [-0.2, 0) is 6.54 Å². The van der Waals surface area contributed by atoms with Gasteiger partial charge in [-0.25, -0.2) is 14.4 Å². The maximum absolute atomic E-state index is 12.8. The molecule has 2 aromatic rings. The first kappa shape index (κ1) is 12.1. The SMILES string of the molecule is NCc1ncnc(-c2ccc(F)cc2)c1[N+](=O)[O-]. The van der Waals surface area contributed by atoms with Gasteiger partial charge in [0.25, 0.3) is 0 Å². The molecule has 0 saturated carbocycles. The van der Waals surface area contributed by atoms with Crippen LogP contribution in [0.25, 0.3) is 11.3 Å². The number of halogens is 1. The molecule has 0 aliphatic heterocycles. The third-order valence-electron chi connectivity index (χ3n) is 2.39. The summed E-state index contributed by atoms with van der Waals surface area (Å²) in [4.78, 5) is 18.1. The van der Waals surface area contributed by atoms with Crippen LogP contribution in [0.3, 0.4) is 0 Å². The summed E-state index contributed by atoms with van der Waals surface area (Å²) in [5.41, 5.74) is 5.89. The summed E-state index contributed by atoms with van der Waals surface area (Å²) in [6.07, 6.45) is 1.20. The Balaban J connectivity index is 2.63. The number of nitrogens with two attached hydrogens (primary N) is 1. The zero-order valence-corrected chi connectivity index (χ0v) is 9.21. The zero-order valence-electron chi connectivity index (χ0n) is 9.21. The van der Waals surface area contributed by atoms with Crippen LogP contribution in [0.5, 0.6) is 0 Å². The van der Waals surface area contributed by atoms with E-state index in [2.05, 4.69) is 9.97 Å². The molecule has 0 fully saturated rings. The maximum Gasteiger partial charge on any atom is 0.318 e. The smallest absolute Gasteiger partial charge is 0.318 e. The van der Waals surface area contributed by atoms with Gasteiger partial charge in [-0.05, 0) is 24.3 Å². The van der Waals surface area contributed by atoms with Crippen LogP contribution in [0.15, 0.2) is 30.6 Å². The molecule has 0 radical (unpaired) electrons. The highest BCUT2D eigenvalue weighted by molar-refractivity contribution is 5.70. The molecule has 7 heteroatoms. The fraction of sp³-hybridized carbons (Fsp3) is 0.0909. The van der Waals surface area contributed by atoms with Crippen LogP contribution < -0.4 is 5.73 Å². The van der Waals surface area contributed by atoms with Gasteiger partial charge in [0, 0.05) is 12.1 Å². The number of nitrogens with zero attached hydrogens (tertiary/aromatic N) is 3. The molecule has 1 heterocycles. The van der Waals surface area contributed by atoms with E-state index in [4.69, 9.17) is 5.73 Å². The van der Waals surface area contributed by atoms with Crippen molar-refractivity contribution >= 4 is 5.69 Å². The number of rotatable bonds is 3. The number of benzene rings is 1. The van der Waals surface area contributed by atoms with Gasteiger partial charge in [-0.2, -0.15) is 0 Å². The molecule has 0 atom stereocenters. The summed E-state index contributed by atoms with van der Waals surface area (Å²) in [6, 6.07) is 5.27. The molecule has 0 amide bonds. The molecule has 2 N–H and O–H groups in total. The normalized spacial score (nSPS) is 10.3. The molecule has 0 saturated heterocycles. The van der Waals surface area contributed by atoms with Gasteiger partial charge in [0.2, 0.25) is 0 Å². The Morgan fingerprint density at radius 1 is 1.28 bits per heavy atom. The molecule has 1 aromatic carbocycles. The highest BCUT2D eigenvalue weighted by Crippen LogP contribution is 2.29. The largest absolute Gasteiger partial charge is 0.325 e. The van der Waals surface area contributed by atoms with Crippen LogP contribution in [0.1, 0.15) is 5.69 Å². The Bertz CT molecular complexity index is 586. The van der Waals surface area contributed by atoms with Crippen molar-refractivity contribution in [2.24, 2.45) is 5.73 Å². The lowest BCUT2D eigenvalue weighted by Gasteiger charge is -2.04. The average molecular weight is 248 g/mol. The second-order valence-electron chi connectivity index (χ2n) is 3.49. The molecule has 0 bridgehead atoms. The summed E-state index contributed by atoms with van der Waals surface area (Å²) >= 11 is 0. The molecule has 18 heavy (non-hydrogen) atoms. The van der Waals surface area contributed by atoms with Gasteiger partial charge in [-0.1, -0.05) is 0 Å². The van der Waals surface area contributed by atoms with Gasteiger partial charge < -0.3 is 5.73 Å². The van der Waals surface area contributed by atoms with Crippen molar-refractivity contribution in [2.45, 2.75) is 6.54 Å². The van der Waals surface area contributed by atoms with E-state index < -0.39 is 10.7 Å². The van der Waals surface area contributed by atoms with Crippen LogP contribution >= 0.6 is 0 Å². The molecule has 0 spiro atoms. The van der Waals surface area contributed by atoms with Crippen molar-refractivity contribution in [1.82, 2.24) is 9.97 Å². The fourth-order valence-corrected chi connectivity index (χ4v) is 1.58. The molecule has 6 nitrogen and oxygen atoms in total. The number of hydrogen-bond acceptors (Lipinski definition) is 5. The monoisotopic (exact) mass is 248 g/mol. The second-order valence-corrected chi connectivity index (χ2v) is 3.49. The summed E-state index contributed by atoms with van der Waals surface area (Å²) in [7, 11) is 0. The number of aromatic nitrogens is 2. The van der Waals surface area contributed by atoms with E-state index >= 15 is 0 Å². The van der Waals surface area contributed by atoms with Crippen molar-refractivity contribution in [3.05, 3.63) is 52.2 Å². The van der Waals surface area contributed by atoms with Crippen LogP contribution in [0, 0.1) is 15.9 Å². The van der Waals surface area contributed by atoms with Crippen LogP contribution in [-0.4, -0.2) is 14.9 Å². The van der Waals surface area contributed by atoms with Crippen LogP contribution in [0.2, 0.25) is 0 Å². The number of hydrogen-bond donors (Lipinski definition) is 1. The standard InChI is InChI=1S/C11H9FN4O2/c12-8-3-1-7(2-4-8)10-11(16(17)18)9(5-13)14-6-15-10/h1-4,6H,5,13H2. The summed E-state index contributed by atoms with van der Waals surface area (Å²) in [6.45, 7) is -0.0625. The fourth-order valence-electron chi connectivity index (χ4n) is 1.58. The highest BCUT2D eigenvalue weighted by atomic mass is 19.1. The van der Waals surface area contributed by atoms with Gasteiger partial charge in [0.05, 0.1) is 4.92 Å². The Kier molecular flexibility index (Phi) is 3.24. The molecular formula is C11H9FN4O2. The van der Waals surface area contributed by atoms with Gasteiger partial charge >= 0.3 is 5.69 Å². The minimum absolute atomic E-state index is 0.0625. The third-order valence-corrected chi connectivity index (χ3v) is 2.39. The highest BCUT2D eigenvalue weighted by Gasteiger charge is 2.22. The van der Waals surface area contributed by atoms with E-state index in [-0.39, 0.29) is 23.6 Å². The van der Waals surface area contributed by atoms with Crippen LogP contribution in [0.4, 0.5) is 10.1 Å². The van der Waals surface area contributed by atoms with E-state index in [0.717, 1.165) is 0 Å². The van der Waals surface area contributed by atoms with Gasteiger partial charge in [0.1, 0.15) is 17.8 Å². The van der Waals surface area contributed by atoms with E-state index in [1.165, 1.54) is 30.6 Å². The Hall–Kier alpha value is -2.41. The molecule has 92 valence electrons. The lowest BCUT2D eigenvalue weighted by molar-refractivity contribution is -0.385. The van der Waals surface area contributed by atoms with Gasteiger partial charge in [0.15, 0.2) is 5.69 Å². The topological polar surface area (TPSA) is 94.9 Å². The van der Waals surface area contributed by atoms with E-state index in [1.807, 2.05) is 0 Å². The Labute approximate surface area is 101 Å². The summed E-state index contributed by atoms with van der Waals surface area (Å²) in [5.74, 6) is -0.422. The maximum atomic E-state index is 12.8. The number of nitro groups is 1. The Morgan fingerprint density at radius 2 is 1.94 bits per heavy atom. The quantitative estimate of drug-likeness (QED) is 0.658. The molecule has 1 aromatic heterocycles. The second kappa shape index (κ2) is 4.84. The van der Waals surface area contributed by atoms with Gasteiger partial charge in [-0.15, -0.1) is 0 Å². The summed E-state index contributed by atoms with van der Waals surface area (Å²) < 4.78 is 12.8. The lowest BCUT2D eigenvalue weighted by atomic mass is 10.1. The Morgan fingerprint density at radius 3 is 2.50 bits per heavy atom. The molecule has 0 unspecified atom stereocenters. The zero-order chi connectivity index (χ0) is 13.1. The first-order chi connectivity index (χ1) is 8.63. The lowest BCUT2D eigenvalue weighted by Crippen LogP contribution is -2.07. The van der Waals surface area contributed by atoms with E-state index in [9.17, 15) is 14.5 Å². The molecule has 0 aliphatic carbocycles. The van der Waals surface area contributed by atoms with E-state index in [1.54, 1.807) is 0 Å². The van der Waals surface area contributed by atoms with Crippen molar-refractivity contribution < 1.29 is 9.31 Å². The third kappa shape index (κ3) is 2.16. The average Bonchev–Trinajstić information content (AvgIpc) is 2.38. The molecule has 0 aliphatic rings. The van der Waals surface area contributed by atoms with Crippen molar-refractivity contribution in [3.63, 3.8) is 0 Å². The predicted octanol–water partition coefficient (Wildman–Crippen LogP) is 1.65. The summed E-state index contributed by atoms with van der Waals surface area (Å²) in [5, 5.41) is 11.0. The van der Waals surface area contributed by atoms with Crippen molar-refractivity contribution in [1.29, 1.82) is 0 Å². The van der Waals surface area contributed by atoms with E-state index in [0.29, 0.717) is 5.56 Å². The molecule has 2 rings (SSSR count). The van der Waals surface area contributed by atoms with Gasteiger partial charge in [-0.3, -0.25) is 10.1 Å². The first-order valence-corrected chi connectivity index (χ1v) is 5.07. The predicted molar refractivity (Wildman–Crippen MR) is 62.0 cm³/mol. The van der Waals surface area contributed by atoms with Crippen molar-refractivity contribution in [2.75, 3.05) is 0 Å². The van der Waals surface area contributed by atoms with Crippen molar-refractivity contribution in [3.8, 4) is 11.3 Å². The first-order valence-electron chi connectivity index (χ1n) is 5.07. The minimum atomic E-state index is -0.582. The molecular weight excluding hydrogens is 239 g/mol.